The zero-order chi connectivity index (χ0) is 40.0. The van der Waals surface area contributed by atoms with Crippen LogP contribution in [0.1, 0.15) is 219 Å². The number of aliphatic hydroxyl groups is 1. The summed E-state index contributed by atoms with van der Waals surface area (Å²) in [7, 11) is 1.30. The fourth-order valence-electron chi connectivity index (χ4n) is 6.80. The van der Waals surface area contributed by atoms with Crippen molar-refractivity contribution < 1.29 is 32.9 Å². The number of rotatable bonds is 42. The van der Waals surface area contributed by atoms with Crippen molar-refractivity contribution in [1.82, 2.24) is 5.32 Å². The molecule has 0 aromatic carbocycles. The van der Waals surface area contributed by atoms with Gasteiger partial charge < -0.3 is 28.8 Å². The Morgan fingerprint density at radius 3 is 1.44 bits per heavy atom. The Morgan fingerprint density at radius 1 is 0.630 bits per heavy atom. The highest BCUT2D eigenvalue weighted by molar-refractivity contribution is 7.45. The van der Waals surface area contributed by atoms with E-state index < -0.39 is 20.0 Å². The number of phosphoric ester groups is 1. The predicted octanol–water partition coefficient (Wildman–Crippen LogP) is 12.1. The highest BCUT2D eigenvalue weighted by Gasteiger charge is 2.24. The Kier molecular flexibility index (Phi) is 37.3. The number of carbonyl (C=O) groups excluding carboxylic acids is 1. The summed E-state index contributed by atoms with van der Waals surface area (Å²) in [5, 5.41) is 13.9. The number of hydrogen-bond donors (Lipinski definition) is 2. The van der Waals surface area contributed by atoms with Crippen molar-refractivity contribution in [2.75, 3.05) is 40.9 Å². The van der Waals surface area contributed by atoms with E-state index in [9.17, 15) is 19.4 Å². The highest BCUT2D eigenvalue weighted by Crippen LogP contribution is 2.38. The van der Waals surface area contributed by atoms with E-state index in [-0.39, 0.29) is 19.1 Å². The fourth-order valence-corrected chi connectivity index (χ4v) is 7.52. The van der Waals surface area contributed by atoms with E-state index in [1.54, 1.807) is 0 Å². The minimum Gasteiger partial charge on any atom is -0.756 e. The number of nitrogens with one attached hydrogen (secondary N) is 1. The summed E-state index contributed by atoms with van der Waals surface area (Å²) < 4.78 is 23.2. The molecule has 0 aliphatic carbocycles. The minimum atomic E-state index is -4.56. The van der Waals surface area contributed by atoms with Gasteiger partial charge in [0.15, 0.2) is 0 Å². The van der Waals surface area contributed by atoms with Crippen molar-refractivity contribution in [3.8, 4) is 0 Å². The maximum Gasteiger partial charge on any atom is 0.268 e. The summed E-state index contributed by atoms with van der Waals surface area (Å²) in [5.74, 6) is -0.172. The molecular formula is C45H91N2O6P. The van der Waals surface area contributed by atoms with Crippen molar-refractivity contribution in [1.29, 1.82) is 0 Å². The quantitative estimate of drug-likeness (QED) is 0.0276. The molecule has 3 atom stereocenters. The van der Waals surface area contributed by atoms with Gasteiger partial charge in [0.05, 0.1) is 39.9 Å². The Balaban J connectivity index is 4.27. The molecule has 0 aromatic rings. The second kappa shape index (κ2) is 37.8. The average molecular weight is 787 g/mol. The molecule has 0 spiro atoms. The van der Waals surface area contributed by atoms with E-state index in [1.807, 2.05) is 21.1 Å². The molecule has 8 nitrogen and oxygen atoms in total. The van der Waals surface area contributed by atoms with Gasteiger partial charge in [-0.3, -0.25) is 9.36 Å². The van der Waals surface area contributed by atoms with Gasteiger partial charge in [0, 0.05) is 6.42 Å². The number of aliphatic hydroxyl groups excluding tert-OH is 1. The average Bonchev–Trinajstić information content (AvgIpc) is 3.12. The second-order valence-corrected chi connectivity index (χ2v) is 18.5. The maximum atomic E-state index is 12.9. The molecule has 54 heavy (non-hydrogen) atoms. The number of nitrogens with zero attached hydrogens (tertiary/aromatic N) is 1. The van der Waals surface area contributed by atoms with Crippen molar-refractivity contribution in [3.05, 3.63) is 12.2 Å². The number of phosphoric acid groups is 1. The molecule has 0 saturated heterocycles. The zero-order valence-electron chi connectivity index (χ0n) is 36.4. The van der Waals surface area contributed by atoms with Crippen LogP contribution in [0.15, 0.2) is 12.2 Å². The van der Waals surface area contributed by atoms with Gasteiger partial charge in [0.25, 0.3) is 7.82 Å². The van der Waals surface area contributed by atoms with Crippen LogP contribution in [0.4, 0.5) is 0 Å². The van der Waals surface area contributed by atoms with Gasteiger partial charge in [-0.25, -0.2) is 0 Å². The Bertz CT molecular complexity index is 896. The van der Waals surface area contributed by atoms with Crippen molar-refractivity contribution in [3.63, 3.8) is 0 Å². The Morgan fingerprint density at radius 2 is 1.02 bits per heavy atom. The molecule has 322 valence electrons. The van der Waals surface area contributed by atoms with Crippen LogP contribution in [0.5, 0.6) is 0 Å². The summed E-state index contributed by atoms with van der Waals surface area (Å²) in [6, 6.07) is -0.810. The van der Waals surface area contributed by atoms with Gasteiger partial charge in [-0.2, -0.15) is 0 Å². The standard InChI is InChI=1S/C45H91N2O6P/c1-6-8-10-12-14-16-18-20-21-22-23-24-25-26-27-29-31-33-35-37-39-45(49)46-43(42-53-54(50,51)52-41-40-47(3,4)5)44(48)38-36-34-32-30-28-19-17-15-13-11-9-7-2/h28,30,43-44,48H,6-27,29,31-42H2,1-5H3,(H-,46,49,50,51)/b30-28+/t43-,44+/m0/s1. The second-order valence-electron chi connectivity index (χ2n) is 17.1. The third-order valence-corrected chi connectivity index (χ3v) is 11.5. The van der Waals surface area contributed by atoms with E-state index in [0.717, 1.165) is 44.9 Å². The molecular weight excluding hydrogens is 695 g/mol. The first-order valence-corrected chi connectivity index (χ1v) is 24.5. The molecule has 0 aliphatic heterocycles. The first-order valence-electron chi connectivity index (χ1n) is 23.0. The van der Waals surface area contributed by atoms with Crippen LogP contribution in [0, 0.1) is 0 Å². The molecule has 0 radical (unpaired) electrons. The summed E-state index contributed by atoms with van der Waals surface area (Å²) in [6.07, 6.45) is 42.2. The zero-order valence-corrected chi connectivity index (χ0v) is 37.3. The lowest BCUT2D eigenvalue weighted by Crippen LogP contribution is -2.46. The maximum absolute atomic E-state index is 12.9. The van der Waals surface area contributed by atoms with Gasteiger partial charge in [0.1, 0.15) is 13.2 Å². The lowest BCUT2D eigenvalue weighted by atomic mass is 10.0. The van der Waals surface area contributed by atoms with Crippen molar-refractivity contribution in [2.45, 2.75) is 231 Å². The largest absolute Gasteiger partial charge is 0.756 e. The predicted molar refractivity (Wildman–Crippen MR) is 229 cm³/mol. The molecule has 9 heteroatoms. The number of likely N-dealkylation sites (N-methyl/N-ethyl adjacent to an activating group) is 1. The topological polar surface area (TPSA) is 108 Å². The number of unbranched alkanes of at least 4 members (excludes halogenated alkanes) is 27. The Hall–Kier alpha value is -0.760. The van der Waals surface area contributed by atoms with Gasteiger partial charge in [-0.15, -0.1) is 0 Å². The van der Waals surface area contributed by atoms with E-state index in [0.29, 0.717) is 23.9 Å². The third-order valence-electron chi connectivity index (χ3n) is 10.5. The summed E-state index contributed by atoms with van der Waals surface area (Å²) in [6.45, 7) is 4.70. The van der Waals surface area contributed by atoms with E-state index in [2.05, 4.69) is 31.3 Å². The smallest absolute Gasteiger partial charge is 0.268 e. The van der Waals surface area contributed by atoms with Crippen LogP contribution in [0.25, 0.3) is 0 Å². The molecule has 0 heterocycles. The molecule has 1 amide bonds. The van der Waals surface area contributed by atoms with Crippen LogP contribution >= 0.6 is 7.82 Å². The van der Waals surface area contributed by atoms with Crippen LogP contribution in [0.3, 0.4) is 0 Å². The first-order chi connectivity index (χ1) is 26.0. The monoisotopic (exact) mass is 787 g/mol. The molecule has 1 unspecified atom stereocenters. The third kappa shape index (κ3) is 39.5. The molecule has 0 aliphatic rings. The number of hydrogen-bond acceptors (Lipinski definition) is 6. The van der Waals surface area contributed by atoms with Crippen LogP contribution in [-0.4, -0.2) is 68.5 Å². The fraction of sp³-hybridized carbons (Fsp3) is 0.933. The highest BCUT2D eigenvalue weighted by atomic mass is 31.2. The normalized spacial score (nSPS) is 14.4. The molecule has 0 fully saturated rings. The molecule has 0 saturated carbocycles. The van der Waals surface area contributed by atoms with Crippen molar-refractivity contribution >= 4 is 13.7 Å². The minimum absolute atomic E-state index is 0.00960. The summed E-state index contributed by atoms with van der Waals surface area (Å²) >= 11 is 0. The van der Waals surface area contributed by atoms with Crippen molar-refractivity contribution in [2.24, 2.45) is 0 Å². The number of carbonyl (C=O) groups is 1. The lowest BCUT2D eigenvalue weighted by molar-refractivity contribution is -0.870. The lowest BCUT2D eigenvalue weighted by Gasteiger charge is -2.30. The van der Waals surface area contributed by atoms with Gasteiger partial charge in [-0.1, -0.05) is 187 Å². The molecule has 0 bridgehead atoms. The number of allylic oxidation sites excluding steroid dienone is 2. The number of amides is 1. The molecule has 2 N–H and O–H groups in total. The van der Waals surface area contributed by atoms with E-state index in [1.165, 1.54) is 148 Å². The van der Waals surface area contributed by atoms with E-state index in [4.69, 9.17) is 9.05 Å². The summed E-state index contributed by atoms with van der Waals surface area (Å²) in [5.41, 5.74) is 0. The SMILES string of the molecule is CCCCCCCC/C=C/CCCC[C@@H](O)[C@H](COP(=O)([O-])OCC[N+](C)(C)C)NC(=O)CCCCCCCCCCCCCCCCCCCCCC. The van der Waals surface area contributed by atoms with Crippen LogP contribution < -0.4 is 10.2 Å². The van der Waals surface area contributed by atoms with Gasteiger partial charge in [0.2, 0.25) is 5.91 Å². The molecule has 0 aromatic heterocycles. The van der Waals surface area contributed by atoms with Gasteiger partial charge in [-0.05, 0) is 38.5 Å². The summed E-state index contributed by atoms with van der Waals surface area (Å²) in [4.78, 5) is 25.3. The number of quaternary nitrogens is 1. The van der Waals surface area contributed by atoms with Gasteiger partial charge >= 0.3 is 0 Å². The molecule has 0 rings (SSSR count). The van der Waals surface area contributed by atoms with Crippen LogP contribution in [-0.2, 0) is 18.4 Å². The van der Waals surface area contributed by atoms with Crippen LogP contribution in [0.2, 0.25) is 0 Å². The first kappa shape index (κ1) is 53.2. The van der Waals surface area contributed by atoms with E-state index >= 15 is 0 Å². The Labute approximate surface area is 335 Å².